The molecule has 1 atom stereocenters. The standard InChI is InChI=1S/C34H49ClFN9O3/c1-5-34(47)41-28-19-29(39-32(37)21-33(42-38)40-27(12-17-46)25-7-6-22(35)18-26(25)36)31(48-4)20-30(28)45-15-10-24(11-16-45)44-13-8-23(9-14-44)43(2)3/h5-7,18-21,23-24,27,40,42,46H,1,8-17,38H2,2-4H3,(H2,37,39)(H,41,47)/b33-21-/t27-/m1/s1. The van der Waals surface area contributed by atoms with Gasteiger partial charge in [-0.25, -0.2) is 15.2 Å². The molecule has 4 rings (SSSR count). The molecule has 2 heterocycles. The van der Waals surface area contributed by atoms with Gasteiger partial charge in [0.15, 0.2) is 0 Å². The number of aliphatic imine (C=N–C) groups is 1. The van der Waals surface area contributed by atoms with Gasteiger partial charge in [0.2, 0.25) is 5.91 Å². The molecule has 0 radical (unpaired) electrons. The third kappa shape index (κ3) is 9.60. The highest BCUT2D eigenvalue weighted by atomic mass is 35.5. The molecule has 0 saturated carbocycles. The third-order valence-electron chi connectivity index (χ3n) is 9.07. The molecule has 2 fully saturated rings. The highest BCUT2D eigenvalue weighted by Gasteiger charge is 2.30. The average Bonchev–Trinajstić information content (AvgIpc) is 3.08. The van der Waals surface area contributed by atoms with E-state index in [4.69, 9.17) is 27.9 Å². The number of piperidine rings is 2. The van der Waals surface area contributed by atoms with Crippen LogP contribution in [-0.2, 0) is 4.79 Å². The van der Waals surface area contributed by atoms with E-state index in [2.05, 4.69) is 56.4 Å². The fourth-order valence-corrected chi connectivity index (χ4v) is 6.60. The van der Waals surface area contributed by atoms with Gasteiger partial charge in [0.05, 0.1) is 24.5 Å². The molecule has 2 aliphatic heterocycles. The number of nitrogens with one attached hydrogen (secondary N) is 3. The summed E-state index contributed by atoms with van der Waals surface area (Å²) in [5.41, 5.74) is 10.9. The van der Waals surface area contributed by atoms with Crippen LogP contribution in [0.25, 0.3) is 0 Å². The largest absolute Gasteiger partial charge is 0.494 e. The first kappa shape index (κ1) is 36.9. The first-order valence-corrected chi connectivity index (χ1v) is 16.6. The van der Waals surface area contributed by atoms with Crippen molar-refractivity contribution in [1.82, 2.24) is 20.5 Å². The lowest BCUT2D eigenvalue weighted by molar-refractivity contribution is -0.111. The van der Waals surface area contributed by atoms with Crippen molar-refractivity contribution in [3.8, 4) is 5.75 Å². The molecule has 1 amide bonds. The van der Waals surface area contributed by atoms with Crippen molar-refractivity contribution in [2.24, 2.45) is 16.6 Å². The molecule has 0 spiro atoms. The summed E-state index contributed by atoms with van der Waals surface area (Å²) in [7, 11) is 5.86. The van der Waals surface area contributed by atoms with Crippen LogP contribution in [0.4, 0.5) is 21.5 Å². The molecule has 2 aliphatic rings. The van der Waals surface area contributed by atoms with E-state index in [-0.39, 0.29) is 35.6 Å². The predicted molar refractivity (Wildman–Crippen MR) is 191 cm³/mol. The van der Waals surface area contributed by atoms with Crippen LogP contribution >= 0.6 is 11.6 Å². The van der Waals surface area contributed by atoms with Gasteiger partial charge in [0.25, 0.3) is 0 Å². The maximum absolute atomic E-state index is 14.7. The number of amidine groups is 1. The lowest BCUT2D eigenvalue weighted by atomic mass is 9.97. The third-order valence-corrected chi connectivity index (χ3v) is 9.31. The second-order valence-corrected chi connectivity index (χ2v) is 12.7. The Labute approximate surface area is 287 Å². The maximum Gasteiger partial charge on any atom is 0.247 e. The fraction of sp³-hybridized carbons (Fsp3) is 0.471. The number of hydrazine groups is 1. The second-order valence-electron chi connectivity index (χ2n) is 12.3. The molecular weight excluding hydrogens is 637 g/mol. The van der Waals surface area contributed by atoms with Crippen molar-refractivity contribution in [3.05, 3.63) is 71.3 Å². The van der Waals surface area contributed by atoms with E-state index in [0.29, 0.717) is 34.8 Å². The molecule has 48 heavy (non-hydrogen) atoms. The number of anilines is 2. The number of halogens is 2. The number of hydrogen-bond acceptors (Lipinski definition) is 10. The quantitative estimate of drug-likeness (QED) is 0.0571. The van der Waals surface area contributed by atoms with Crippen molar-refractivity contribution >= 4 is 40.4 Å². The fourth-order valence-electron chi connectivity index (χ4n) is 6.44. The van der Waals surface area contributed by atoms with E-state index >= 15 is 0 Å². The number of carbonyl (C=O) groups is 1. The molecule has 0 unspecified atom stereocenters. The first-order valence-electron chi connectivity index (χ1n) is 16.2. The number of carbonyl (C=O) groups excluding carboxylic acids is 1. The number of methoxy groups -OCH3 is 1. The van der Waals surface area contributed by atoms with Gasteiger partial charge in [-0.2, -0.15) is 0 Å². The van der Waals surface area contributed by atoms with Gasteiger partial charge in [0, 0.05) is 54.5 Å². The predicted octanol–water partition coefficient (Wildman–Crippen LogP) is 3.61. The number of hydrogen-bond donors (Lipinski definition) is 6. The summed E-state index contributed by atoms with van der Waals surface area (Å²) in [6.45, 7) is 7.27. The number of ether oxygens (including phenoxy) is 1. The molecule has 0 aliphatic carbocycles. The smallest absolute Gasteiger partial charge is 0.247 e. The molecule has 0 aromatic heterocycles. The number of aliphatic hydroxyl groups excluding tert-OH is 1. The summed E-state index contributed by atoms with van der Waals surface area (Å²) in [5.74, 6) is 5.62. The van der Waals surface area contributed by atoms with E-state index < -0.39 is 11.9 Å². The van der Waals surface area contributed by atoms with Gasteiger partial charge in [-0.3, -0.25) is 4.79 Å². The Morgan fingerprint density at radius 1 is 1.21 bits per heavy atom. The van der Waals surface area contributed by atoms with Crippen LogP contribution in [0.2, 0.25) is 5.02 Å². The Kier molecular flexibility index (Phi) is 13.5. The van der Waals surface area contributed by atoms with Crippen LogP contribution in [0.15, 0.2) is 59.9 Å². The minimum Gasteiger partial charge on any atom is -0.494 e. The summed E-state index contributed by atoms with van der Waals surface area (Å²) in [6, 6.07) is 8.41. The van der Waals surface area contributed by atoms with Crippen molar-refractivity contribution in [2.45, 2.75) is 50.2 Å². The van der Waals surface area contributed by atoms with Crippen LogP contribution < -0.4 is 37.3 Å². The van der Waals surface area contributed by atoms with E-state index in [1.54, 1.807) is 25.3 Å². The minimum atomic E-state index is -0.647. The number of amides is 1. The Morgan fingerprint density at radius 2 is 1.92 bits per heavy atom. The summed E-state index contributed by atoms with van der Waals surface area (Å²) < 4.78 is 20.4. The summed E-state index contributed by atoms with van der Waals surface area (Å²) in [6.07, 6.45) is 7.24. The van der Waals surface area contributed by atoms with Gasteiger partial charge in [-0.05, 0) is 83.6 Å². The van der Waals surface area contributed by atoms with Crippen molar-refractivity contribution < 1.29 is 19.0 Å². The second kappa shape index (κ2) is 17.5. The molecule has 0 bridgehead atoms. The maximum atomic E-state index is 14.7. The first-order chi connectivity index (χ1) is 23.1. The monoisotopic (exact) mass is 685 g/mol. The molecular formula is C34H49ClFN9O3. The van der Waals surface area contributed by atoms with Gasteiger partial charge in [0.1, 0.15) is 28.9 Å². The van der Waals surface area contributed by atoms with Crippen LogP contribution in [0.3, 0.4) is 0 Å². The Morgan fingerprint density at radius 3 is 2.50 bits per heavy atom. The number of nitrogens with two attached hydrogens (primary N) is 2. The zero-order valence-corrected chi connectivity index (χ0v) is 28.8. The molecule has 8 N–H and O–H groups in total. The zero-order valence-electron chi connectivity index (χ0n) is 28.0. The molecule has 2 saturated heterocycles. The zero-order chi connectivity index (χ0) is 34.8. The number of aliphatic hydroxyl groups is 1. The Bertz CT molecular complexity index is 1470. The highest BCUT2D eigenvalue weighted by Crippen LogP contribution is 2.40. The Hall–Kier alpha value is -3.88. The number of benzene rings is 2. The van der Waals surface area contributed by atoms with Crippen molar-refractivity contribution in [3.63, 3.8) is 0 Å². The van der Waals surface area contributed by atoms with E-state index in [0.717, 1.165) is 44.7 Å². The normalized spacial score (nSPS) is 17.7. The van der Waals surface area contributed by atoms with Gasteiger partial charge in [-0.1, -0.05) is 24.2 Å². The highest BCUT2D eigenvalue weighted by molar-refractivity contribution is 6.30. The molecule has 2 aromatic carbocycles. The number of rotatable bonds is 14. The topological polar surface area (TPSA) is 157 Å². The SMILES string of the molecule is C=CC(=O)Nc1cc(N=C(N)/C=C(\NN)N[C@H](CCO)c2ccc(Cl)cc2F)c(OC)cc1N1CCC(N2CCC(N(C)C)CC2)CC1. The van der Waals surface area contributed by atoms with Crippen molar-refractivity contribution in [1.29, 1.82) is 0 Å². The summed E-state index contributed by atoms with van der Waals surface area (Å²) in [4.78, 5) is 24.3. The lowest BCUT2D eigenvalue weighted by Gasteiger charge is -2.43. The van der Waals surface area contributed by atoms with Crippen LogP contribution in [-0.4, -0.2) is 92.7 Å². The van der Waals surface area contributed by atoms with Gasteiger partial charge in [-0.15, -0.1) is 0 Å². The Balaban J connectivity index is 1.55. The summed E-state index contributed by atoms with van der Waals surface area (Å²) in [5, 5.41) is 15.9. The van der Waals surface area contributed by atoms with Crippen LogP contribution in [0.5, 0.6) is 5.75 Å². The van der Waals surface area contributed by atoms with E-state index in [9.17, 15) is 14.3 Å². The lowest BCUT2D eigenvalue weighted by Crippen LogP contribution is -2.50. The molecule has 12 nitrogen and oxygen atoms in total. The van der Waals surface area contributed by atoms with Crippen LogP contribution in [0.1, 0.15) is 43.7 Å². The van der Waals surface area contributed by atoms with Crippen molar-refractivity contribution in [2.75, 3.05) is 64.2 Å². The summed E-state index contributed by atoms with van der Waals surface area (Å²) >= 11 is 5.92. The molecule has 14 heteroatoms. The van der Waals surface area contributed by atoms with E-state index in [1.165, 1.54) is 31.1 Å². The average molecular weight is 686 g/mol. The number of nitrogens with zero attached hydrogens (tertiary/aromatic N) is 4. The molecule has 262 valence electrons. The van der Waals surface area contributed by atoms with Gasteiger partial charge < -0.3 is 46.3 Å². The molecule has 2 aromatic rings. The van der Waals surface area contributed by atoms with Gasteiger partial charge >= 0.3 is 0 Å². The van der Waals surface area contributed by atoms with E-state index in [1.807, 2.05) is 6.07 Å². The minimum absolute atomic E-state index is 0.0423. The number of likely N-dealkylation sites (tertiary alicyclic amines) is 1. The van der Waals surface area contributed by atoms with Crippen LogP contribution in [0, 0.1) is 5.82 Å².